The first kappa shape index (κ1) is 13.2. The van der Waals surface area contributed by atoms with Crippen molar-refractivity contribution in [1.82, 2.24) is 0 Å². The van der Waals surface area contributed by atoms with Gasteiger partial charge in [-0.05, 0) is 36.4 Å². The minimum atomic E-state index is -0.410. The molecule has 0 amide bonds. The maximum absolute atomic E-state index is 13.6. The summed E-state index contributed by atoms with van der Waals surface area (Å²) < 4.78 is 29.2. The quantitative estimate of drug-likeness (QED) is 0.446. The van der Waals surface area contributed by atoms with E-state index in [0.29, 0.717) is 0 Å². The first-order valence-corrected chi connectivity index (χ1v) is 7.99. The van der Waals surface area contributed by atoms with Crippen molar-refractivity contribution in [3.8, 4) is 10.6 Å². The number of phenolic OH excluding ortho intramolecular Hbond substituents is 1. The molecule has 1 aromatic heterocycles. The minimum absolute atomic E-state index is 0.199. The first-order chi connectivity index (χ1) is 10.6. The lowest BCUT2D eigenvalue weighted by Crippen LogP contribution is -1.73. The van der Waals surface area contributed by atoms with Crippen LogP contribution in [0.5, 0.6) is 5.75 Å². The second-order valence-corrected chi connectivity index (χ2v) is 7.04. The molecular weight excluding hydrogens is 302 g/mol. The largest absolute Gasteiger partial charge is 0.508 e. The van der Waals surface area contributed by atoms with Crippen molar-refractivity contribution in [2.24, 2.45) is 0 Å². The summed E-state index contributed by atoms with van der Waals surface area (Å²) >= 11 is 0. The summed E-state index contributed by atoms with van der Waals surface area (Å²) in [6.07, 6.45) is 0. The van der Waals surface area contributed by atoms with Crippen LogP contribution >= 0.6 is 10.5 Å². The summed E-state index contributed by atoms with van der Waals surface area (Å²) in [6, 6.07) is 16.3. The van der Waals surface area contributed by atoms with E-state index in [1.54, 1.807) is 24.3 Å². The van der Waals surface area contributed by atoms with Crippen molar-refractivity contribution in [1.29, 1.82) is 0 Å². The van der Waals surface area contributed by atoms with Crippen molar-refractivity contribution in [3.05, 3.63) is 72.3 Å². The summed E-state index contributed by atoms with van der Waals surface area (Å²) in [7, 11) is -0.410. The van der Waals surface area contributed by atoms with Gasteiger partial charge in [-0.2, -0.15) is 0 Å². The third-order valence-corrected chi connectivity index (χ3v) is 6.02. The molecule has 108 valence electrons. The fraction of sp³-hybridized carbons (Fsp3) is 0. The third-order valence-electron chi connectivity index (χ3n) is 3.69. The molecule has 0 aliphatic rings. The number of fused-ring (bicyclic) bond motifs is 3. The normalized spacial score (nSPS) is 11.4. The van der Waals surface area contributed by atoms with Crippen molar-refractivity contribution < 1.29 is 13.9 Å². The molecule has 0 saturated heterocycles. The van der Waals surface area contributed by atoms with Crippen LogP contribution in [0.1, 0.15) is 0 Å². The number of phenols is 1. The highest BCUT2D eigenvalue weighted by atomic mass is 32.2. The zero-order valence-corrected chi connectivity index (χ0v) is 12.2. The molecule has 3 aromatic carbocycles. The van der Waals surface area contributed by atoms with Crippen LogP contribution in [0.2, 0.25) is 0 Å². The van der Waals surface area contributed by atoms with Crippen molar-refractivity contribution in [3.63, 3.8) is 0 Å². The molecule has 0 fully saturated rings. The Balaban J connectivity index is 2.17. The summed E-state index contributed by atoms with van der Waals surface area (Å²) in [6.45, 7) is 0. The molecule has 1 nitrogen and oxygen atoms in total. The average molecular weight is 313 g/mol. The van der Waals surface area contributed by atoms with Gasteiger partial charge in [0.1, 0.15) is 17.4 Å². The van der Waals surface area contributed by atoms with Crippen LogP contribution < -0.4 is 0 Å². The number of aromatic hydroxyl groups is 1. The third kappa shape index (κ3) is 1.96. The molecule has 0 spiro atoms. The Morgan fingerprint density at radius 3 is 1.68 bits per heavy atom. The van der Waals surface area contributed by atoms with Gasteiger partial charge in [0, 0.05) is 34.7 Å². The molecule has 0 bridgehead atoms. The van der Waals surface area contributed by atoms with Crippen molar-refractivity contribution in [2.75, 3.05) is 0 Å². The zero-order chi connectivity index (χ0) is 15.3. The van der Waals surface area contributed by atoms with Gasteiger partial charge in [0.05, 0.1) is 10.8 Å². The van der Waals surface area contributed by atoms with E-state index in [0.717, 1.165) is 25.1 Å². The first-order valence-electron chi connectivity index (χ1n) is 6.76. The molecule has 0 aliphatic carbocycles. The van der Waals surface area contributed by atoms with Gasteiger partial charge >= 0.3 is 0 Å². The molecule has 4 heteroatoms. The molecule has 1 heterocycles. The monoisotopic (exact) mass is 313 g/mol. The maximum Gasteiger partial charge on any atom is 0.187 e. The lowest BCUT2D eigenvalue weighted by Gasteiger charge is -1.94. The molecule has 0 saturated carbocycles. The summed E-state index contributed by atoms with van der Waals surface area (Å²) in [5, 5.41) is 10.9. The molecule has 0 radical (unpaired) electrons. The average Bonchev–Trinajstić information content (AvgIpc) is 2.81. The standard InChI is InChI=1S/C18H10F2OS/c19-11-1-7-17-15(9-11)16-10-12(20)2-8-18(16)22(17)14-5-3-13(21)4-6-14/h1-10H/p+1. The highest BCUT2D eigenvalue weighted by molar-refractivity contribution is 7.50. The second kappa shape index (κ2) is 4.78. The van der Waals surface area contributed by atoms with Crippen molar-refractivity contribution in [2.45, 2.75) is 0 Å². The lowest BCUT2D eigenvalue weighted by molar-refractivity contribution is 0.475. The Labute approximate surface area is 128 Å². The maximum atomic E-state index is 13.6. The number of halogens is 2. The Hall–Kier alpha value is -2.46. The smallest absolute Gasteiger partial charge is 0.187 e. The van der Waals surface area contributed by atoms with E-state index in [-0.39, 0.29) is 17.4 Å². The molecule has 0 unspecified atom stereocenters. The van der Waals surface area contributed by atoms with E-state index in [9.17, 15) is 13.9 Å². The van der Waals surface area contributed by atoms with Crippen LogP contribution in [-0.4, -0.2) is 5.11 Å². The Bertz CT molecular complexity index is 944. The number of hydrogen-bond donors (Lipinski definition) is 1. The van der Waals surface area contributed by atoms with E-state index in [1.807, 2.05) is 12.1 Å². The molecule has 0 aliphatic heterocycles. The van der Waals surface area contributed by atoms with E-state index in [1.165, 1.54) is 24.3 Å². The summed E-state index contributed by atoms with van der Waals surface area (Å²) in [4.78, 5) is 1.01. The van der Waals surface area contributed by atoms with Gasteiger partial charge in [-0.15, -0.1) is 0 Å². The predicted octanol–water partition coefficient (Wildman–Crippen LogP) is 5.72. The van der Waals surface area contributed by atoms with E-state index in [4.69, 9.17) is 0 Å². The Morgan fingerprint density at radius 1 is 0.682 bits per heavy atom. The van der Waals surface area contributed by atoms with E-state index in [2.05, 4.69) is 0 Å². The summed E-state index contributed by atoms with van der Waals surface area (Å²) in [5.41, 5.74) is 0. The number of benzene rings is 3. The van der Waals surface area contributed by atoms with Gasteiger partial charge in [-0.1, -0.05) is 0 Å². The second-order valence-electron chi connectivity index (χ2n) is 5.08. The fourth-order valence-electron chi connectivity index (χ4n) is 2.74. The van der Waals surface area contributed by atoms with Crippen molar-refractivity contribution >= 4 is 30.6 Å². The zero-order valence-electron chi connectivity index (χ0n) is 11.4. The lowest BCUT2D eigenvalue weighted by atomic mass is 10.1. The van der Waals surface area contributed by atoms with Gasteiger partial charge in [0.25, 0.3) is 0 Å². The van der Waals surface area contributed by atoms with Crippen LogP contribution in [0.3, 0.4) is 0 Å². The molecule has 4 aromatic rings. The molecule has 4 rings (SSSR count). The van der Waals surface area contributed by atoms with Crippen LogP contribution in [-0.2, 0) is 0 Å². The van der Waals surface area contributed by atoms with Gasteiger partial charge in [-0.25, -0.2) is 8.78 Å². The Morgan fingerprint density at radius 2 is 1.18 bits per heavy atom. The highest BCUT2D eigenvalue weighted by Crippen LogP contribution is 2.48. The fourth-order valence-corrected chi connectivity index (χ4v) is 5.07. The SMILES string of the molecule is Oc1ccc(-[s+]2c3ccc(F)cc3c3cc(F)ccc32)cc1. The highest BCUT2D eigenvalue weighted by Gasteiger charge is 2.24. The van der Waals surface area contributed by atoms with E-state index < -0.39 is 10.5 Å². The topological polar surface area (TPSA) is 20.2 Å². The Kier molecular flexibility index (Phi) is 2.87. The van der Waals surface area contributed by atoms with Gasteiger partial charge in [0.2, 0.25) is 0 Å². The molecule has 0 atom stereocenters. The van der Waals surface area contributed by atoms with Crippen LogP contribution in [0, 0.1) is 11.6 Å². The van der Waals surface area contributed by atoms with Gasteiger partial charge in [-0.3, -0.25) is 0 Å². The van der Waals surface area contributed by atoms with E-state index >= 15 is 0 Å². The number of thiophene rings is 1. The molecule has 1 N–H and O–H groups in total. The van der Waals surface area contributed by atoms with Gasteiger partial charge in [0.15, 0.2) is 14.3 Å². The number of hydrogen-bond acceptors (Lipinski definition) is 1. The molecule has 22 heavy (non-hydrogen) atoms. The van der Waals surface area contributed by atoms with Crippen LogP contribution in [0.15, 0.2) is 60.7 Å². The van der Waals surface area contributed by atoms with Gasteiger partial charge < -0.3 is 5.11 Å². The summed E-state index contributed by atoms with van der Waals surface area (Å²) in [5.74, 6) is -0.458. The number of rotatable bonds is 1. The predicted molar refractivity (Wildman–Crippen MR) is 86.9 cm³/mol. The minimum Gasteiger partial charge on any atom is -0.508 e. The molecular formula is C18H11F2OS+. The van der Waals surface area contributed by atoms with Crippen LogP contribution in [0.4, 0.5) is 8.78 Å². The van der Waals surface area contributed by atoms with Crippen LogP contribution in [0.25, 0.3) is 25.1 Å².